The van der Waals surface area contributed by atoms with Crippen LogP contribution in [-0.2, 0) is 46.4 Å². The Balaban J connectivity index is 1.45. The van der Waals surface area contributed by atoms with Crippen LogP contribution in [0, 0.1) is 0 Å². The number of aromatic nitrogens is 2. The van der Waals surface area contributed by atoms with Crippen LogP contribution in [0.5, 0.6) is 0 Å². The summed E-state index contributed by atoms with van der Waals surface area (Å²) in [7, 11) is 0. The molecule has 1 amide bonds. The number of nitrogens with zero attached hydrogens (tertiary/aromatic N) is 2. The standard InChI is InChI=1S/C27H27N3O4/c31-26(30-24-21-10-4-8-18(21)14-19-9-5-11-22(19)24)25(17-6-2-1-3-7-17)34-23(27(32)33)15-20-16-28-12-13-29-20/h1-3,6-7,12-14,16,23,25H,4-5,8-11,15H2,(H,30,31)(H,32,33). The summed E-state index contributed by atoms with van der Waals surface area (Å²) in [6.45, 7) is 0. The lowest BCUT2D eigenvalue weighted by Gasteiger charge is -2.24. The number of amides is 1. The highest BCUT2D eigenvalue weighted by Crippen LogP contribution is 2.39. The van der Waals surface area contributed by atoms with Crippen molar-refractivity contribution in [2.45, 2.75) is 57.2 Å². The lowest BCUT2D eigenvalue weighted by molar-refractivity contribution is -0.157. The van der Waals surface area contributed by atoms with Gasteiger partial charge in [-0.2, -0.15) is 0 Å². The maximum absolute atomic E-state index is 13.7. The molecule has 34 heavy (non-hydrogen) atoms. The highest BCUT2D eigenvalue weighted by Gasteiger charge is 2.32. The Bertz CT molecular complexity index is 1170. The SMILES string of the molecule is O=C(O)C(Cc1cnccn1)OC(C(=O)Nc1c2c(cc3c1CCC3)CCC2)c1ccccc1. The molecule has 2 aromatic carbocycles. The smallest absolute Gasteiger partial charge is 0.333 e. The van der Waals surface area contributed by atoms with Crippen LogP contribution in [0.1, 0.15) is 52.5 Å². The fourth-order valence-corrected chi connectivity index (χ4v) is 5.06. The summed E-state index contributed by atoms with van der Waals surface area (Å²) in [5, 5.41) is 13.0. The van der Waals surface area contributed by atoms with E-state index in [1.165, 1.54) is 40.8 Å². The fourth-order valence-electron chi connectivity index (χ4n) is 5.06. The molecule has 5 rings (SSSR count). The summed E-state index contributed by atoms with van der Waals surface area (Å²) in [6.07, 6.45) is 8.34. The van der Waals surface area contributed by atoms with Gasteiger partial charge in [-0.05, 0) is 66.3 Å². The van der Waals surface area contributed by atoms with E-state index < -0.39 is 18.2 Å². The summed E-state index contributed by atoms with van der Waals surface area (Å²) >= 11 is 0. The normalized spacial score (nSPS) is 15.9. The molecule has 2 aliphatic carbocycles. The van der Waals surface area contributed by atoms with E-state index in [0.29, 0.717) is 11.3 Å². The Kier molecular flexibility index (Phi) is 6.36. The third-order valence-corrected chi connectivity index (χ3v) is 6.65. The van der Waals surface area contributed by atoms with Gasteiger partial charge >= 0.3 is 5.97 Å². The highest BCUT2D eigenvalue weighted by molar-refractivity contribution is 5.97. The molecule has 1 heterocycles. The van der Waals surface area contributed by atoms with Crippen LogP contribution in [-0.4, -0.2) is 33.1 Å². The van der Waals surface area contributed by atoms with Crippen molar-refractivity contribution in [2.75, 3.05) is 5.32 Å². The molecular weight excluding hydrogens is 430 g/mol. The van der Waals surface area contributed by atoms with Gasteiger partial charge in [-0.3, -0.25) is 14.8 Å². The molecule has 2 N–H and O–H groups in total. The maximum Gasteiger partial charge on any atom is 0.333 e. The Labute approximate surface area is 198 Å². The van der Waals surface area contributed by atoms with E-state index in [1.807, 2.05) is 18.2 Å². The number of anilines is 1. The van der Waals surface area contributed by atoms with Crippen molar-refractivity contribution in [3.05, 3.63) is 88.5 Å². The molecule has 0 aliphatic heterocycles. The number of rotatable bonds is 8. The quantitative estimate of drug-likeness (QED) is 0.533. The Morgan fingerprint density at radius 2 is 1.71 bits per heavy atom. The van der Waals surface area contributed by atoms with Crippen molar-refractivity contribution >= 4 is 17.6 Å². The van der Waals surface area contributed by atoms with Crippen LogP contribution in [0.3, 0.4) is 0 Å². The third kappa shape index (κ3) is 4.56. The van der Waals surface area contributed by atoms with E-state index >= 15 is 0 Å². The summed E-state index contributed by atoms with van der Waals surface area (Å²) in [6, 6.07) is 11.4. The molecule has 2 atom stereocenters. The zero-order chi connectivity index (χ0) is 23.5. The average Bonchev–Trinajstić information content (AvgIpc) is 3.52. The van der Waals surface area contributed by atoms with Crippen molar-refractivity contribution in [1.29, 1.82) is 0 Å². The number of carboxylic acids is 1. The third-order valence-electron chi connectivity index (χ3n) is 6.65. The van der Waals surface area contributed by atoms with Crippen LogP contribution < -0.4 is 5.32 Å². The number of hydrogen-bond acceptors (Lipinski definition) is 5. The van der Waals surface area contributed by atoms with Gasteiger partial charge in [-0.25, -0.2) is 4.79 Å². The summed E-state index contributed by atoms with van der Waals surface area (Å²) in [4.78, 5) is 33.9. The predicted molar refractivity (Wildman–Crippen MR) is 127 cm³/mol. The van der Waals surface area contributed by atoms with Gasteiger partial charge in [0.05, 0.1) is 5.69 Å². The summed E-state index contributed by atoms with van der Waals surface area (Å²) in [5.74, 6) is -1.51. The molecule has 7 heteroatoms. The van der Waals surface area contributed by atoms with Crippen LogP contribution >= 0.6 is 0 Å². The molecule has 1 aromatic heterocycles. The first-order chi connectivity index (χ1) is 16.6. The van der Waals surface area contributed by atoms with E-state index in [-0.39, 0.29) is 12.3 Å². The van der Waals surface area contributed by atoms with E-state index in [2.05, 4.69) is 21.4 Å². The number of aliphatic carboxylic acids is 1. The number of benzene rings is 2. The van der Waals surface area contributed by atoms with Gasteiger partial charge in [-0.1, -0.05) is 36.4 Å². The van der Waals surface area contributed by atoms with Gasteiger partial charge < -0.3 is 15.2 Å². The summed E-state index contributed by atoms with van der Waals surface area (Å²) < 4.78 is 6.00. The van der Waals surface area contributed by atoms with E-state index in [4.69, 9.17) is 4.74 Å². The molecule has 0 saturated carbocycles. The molecule has 0 radical (unpaired) electrons. The fraction of sp³-hybridized carbons (Fsp3) is 0.333. The molecule has 7 nitrogen and oxygen atoms in total. The number of hydrogen-bond donors (Lipinski definition) is 2. The number of aryl methyl sites for hydroxylation is 2. The molecule has 2 unspecified atom stereocenters. The van der Waals surface area contributed by atoms with Crippen LogP contribution in [0.15, 0.2) is 55.0 Å². The highest BCUT2D eigenvalue weighted by atomic mass is 16.5. The van der Waals surface area contributed by atoms with E-state index in [0.717, 1.165) is 44.2 Å². The lowest BCUT2D eigenvalue weighted by atomic mass is 9.98. The van der Waals surface area contributed by atoms with Crippen molar-refractivity contribution in [3.63, 3.8) is 0 Å². The first-order valence-electron chi connectivity index (χ1n) is 11.8. The van der Waals surface area contributed by atoms with Gasteiger partial charge in [-0.15, -0.1) is 0 Å². The Morgan fingerprint density at radius 1 is 1.00 bits per heavy atom. The van der Waals surface area contributed by atoms with Gasteiger partial charge in [0.15, 0.2) is 12.2 Å². The van der Waals surface area contributed by atoms with Crippen LogP contribution in [0.4, 0.5) is 5.69 Å². The average molecular weight is 458 g/mol. The Morgan fingerprint density at radius 3 is 2.32 bits per heavy atom. The first kappa shape index (κ1) is 22.2. The van der Waals surface area contributed by atoms with E-state index in [9.17, 15) is 14.7 Å². The number of fused-ring (bicyclic) bond motifs is 2. The van der Waals surface area contributed by atoms with Crippen molar-refractivity contribution in [3.8, 4) is 0 Å². The minimum Gasteiger partial charge on any atom is -0.479 e. The molecular formula is C27H27N3O4. The zero-order valence-electron chi connectivity index (χ0n) is 18.9. The second-order valence-electron chi connectivity index (χ2n) is 8.88. The largest absolute Gasteiger partial charge is 0.479 e. The van der Waals surface area contributed by atoms with E-state index in [1.54, 1.807) is 12.1 Å². The predicted octanol–water partition coefficient (Wildman–Crippen LogP) is 3.85. The van der Waals surface area contributed by atoms with Gasteiger partial charge in [0, 0.05) is 30.7 Å². The molecule has 0 fully saturated rings. The molecule has 0 saturated heterocycles. The van der Waals surface area contributed by atoms with Crippen molar-refractivity contribution in [1.82, 2.24) is 9.97 Å². The molecule has 0 bridgehead atoms. The topological polar surface area (TPSA) is 101 Å². The minimum absolute atomic E-state index is 0.00984. The molecule has 174 valence electrons. The zero-order valence-corrected chi connectivity index (χ0v) is 18.9. The lowest BCUT2D eigenvalue weighted by Crippen LogP contribution is -2.34. The number of carbonyl (C=O) groups excluding carboxylic acids is 1. The summed E-state index contributed by atoms with van der Waals surface area (Å²) in [5.41, 5.74) is 7.08. The molecule has 0 spiro atoms. The number of carbonyl (C=O) groups is 2. The maximum atomic E-state index is 13.7. The monoisotopic (exact) mass is 457 g/mol. The molecule has 2 aliphatic rings. The van der Waals surface area contributed by atoms with Crippen molar-refractivity contribution in [2.24, 2.45) is 0 Å². The number of nitrogens with one attached hydrogen (secondary N) is 1. The second-order valence-corrected chi connectivity index (χ2v) is 8.88. The van der Waals surface area contributed by atoms with Crippen LogP contribution in [0.25, 0.3) is 0 Å². The van der Waals surface area contributed by atoms with Crippen molar-refractivity contribution < 1.29 is 19.4 Å². The number of ether oxygens (including phenoxy) is 1. The minimum atomic E-state index is -1.25. The number of carboxylic acid groups (broad SMARTS) is 1. The van der Waals surface area contributed by atoms with Crippen LogP contribution in [0.2, 0.25) is 0 Å². The van der Waals surface area contributed by atoms with Gasteiger partial charge in [0.1, 0.15) is 0 Å². The first-order valence-corrected chi connectivity index (χ1v) is 11.8. The van der Waals surface area contributed by atoms with Gasteiger partial charge in [0.25, 0.3) is 5.91 Å². The Hall–Kier alpha value is -3.58. The van der Waals surface area contributed by atoms with Gasteiger partial charge in [0.2, 0.25) is 0 Å². The second kappa shape index (κ2) is 9.73. The molecule has 3 aromatic rings.